The van der Waals surface area contributed by atoms with E-state index in [2.05, 4.69) is 20.2 Å². The molecule has 0 bridgehead atoms. The highest BCUT2D eigenvalue weighted by atomic mass is 35.5. The van der Waals surface area contributed by atoms with Crippen LogP contribution in [0.2, 0.25) is 10.0 Å². The van der Waals surface area contributed by atoms with Crippen molar-refractivity contribution in [1.82, 2.24) is 9.97 Å². The molecule has 0 spiro atoms. The fraction of sp³-hybridized carbons (Fsp3) is 0.333. The van der Waals surface area contributed by atoms with Gasteiger partial charge in [0.25, 0.3) is 0 Å². The highest BCUT2D eigenvalue weighted by Gasteiger charge is 2.14. The molecule has 0 amide bonds. The van der Waals surface area contributed by atoms with Gasteiger partial charge >= 0.3 is 0 Å². The molecule has 0 aliphatic carbocycles. The minimum Gasteiger partial charge on any atom is -0.366 e. The first kappa shape index (κ1) is 14.4. The lowest BCUT2D eigenvalue weighted by Gasteiger charge is -2.16. The van der Waals surface area contributed by atoms with Crippen LogP contribution in [-0.2, 0) is 6.54 Å². The molecule has 1 aliphatic heterocycles. The van der Waals surface area contributed by atoms with Crippen LogP contribution in [0.1, 0.15) is 18.4 Å². The van der Waals surface area contributed by atoms with Crippen LogP contribution in [0.4, 0.5) is 11.6 Å². The Labute approximate surface area is 134 Å². The first-order valence-electron chi connectivity index (χ1n) is 6.97. The van der Waals surface area contributed by atoms with Crippen molar-refractivity contribution in [3.8, 4) is 0 Å². The number of halogens is 2. The second-order valence-corrected chi connectivity index (χ2v) is 5.89. The number of nitrogens with zero attached hydrogens (tertiary/aromatic N) is 3. The van der Waals surface area contributed by atoms with E-state index in [1.54, 1.807) is 12.4 Å². The standard InChI is InChI=1S/C15H16Cl2N4/c16-12-4-3-11(13(17)7-12)9-18-14-8-15(20-10-19-14)21-5-1-2-6-21/h3-4,7-8,10H,1-2,5-6,9H2,(H,18,19,20). The molecule has 1 aliphatic rings. The van der Waals surface area contributed by atoms with Gasteiger partial charge in [0.15, 0.2) is 0 Å². The van der Waals surface area contributed by atoms with Gasteiger partial charge in [-0.2, -0.15) is 0 Å². The number of anilines is 2. The Hall–Kier alpha value is -1.52. The molecule has 110 valence electrons. The number of rotatable bonds is 4. The first-order valence-corrected chi connectivity index (χ1v) is 7.73. The monoisotopic (exact) mass is 322 g/mol. The minimum atomic E-state index is 0.604. The molecule has 0 unspecified atom stereocenters. The summed E-state index contributed by atoms with van der Waals surface area (Å²) in [6.07, 6.45) is 4.06. The van der Waals surface area contributed by atoms with Crippen LogP contribution >= 0.6 is 23.2 Å². The zero-order valence-electron chi connectivity index (χ0n) is 11.5. The summed E-state index contributed by atoms with van der Waals surface area (Å²) in [7, 11) is 0. The predicted molar refractivity (Wildman–Crippen MR) is 87.3 cm³/mol. The molecule has 1 saturated heterocycles. The van der Waals surface area contributed by atoms with Crippen LogP contribution in [-0.4, -0.2) is 23.1 Å². The Balaban J connectivity index is 1.68. The molecule has 2 heterocycles. The number of nitrogens with one attached hydrogen (secondary N) is 1. The fourth-order valence-corrected chi connectivity index (χ4v) is 2.89. The van der Waals surface area contributed by atoms with Crippen molar-refractivity contribution in [3.05, 3.63) is 46.2 Å². The molecular formula is C15H16Cl2N4. The summed E-state index contributed by atoms with van der Waals surface area (Å²) in [6, 6.07) is 7.48. The fourth-order valence-electron chi connectivity index (χ4n) is 2.41. The van der Waals surface area contributed by atoms with Gasteiger partial charge in [-0.25, -0.2) is 9.97 Å². The lowest BCUT2D eigenvalue weighted by atomic mass is 10.2. The highest BCUT2D eigenvalue weighted by molar-refractivity contribution is 6.35. The van der Waals surface area contributed by atoms with Gasteiger partial charge in [-0.3, -0.25) is 0 Å². The van der Waals surface area contributed by atoms with Crippen molar-refractivity contribution < 1.29 is 0 Å². The normalized spacial score (nSPS) is 14.5. The Morgan fingerprint density at radius 3 is 2.67 bits per heavy atom. The Morgan fingerprint density at radius 2 is 1.90 bits per heavy atom. The van der Waals surface area contributed by atoms with E-state index >= 15 is 0 Å². The molecule has 0 atom stereocenters. The third kappa shape index (κ3) is 3.57. The molecule has 1 aromatic carbocycles. The van der Waals surface area contributed by atoms with Gasteiger partial charge in [0, 0.05) is 35.7 Å². The predicted octanol–water partition coefficient (Wildman–Crippen LogP) is 4.00. The molecular weight excluding hydrogens is 307 g/mol. The molecule has 1 aromatic heterocycles. The van der Waals surface area contributed by atoms with Crippen LogP contribution in [0.5, 0.6) is 0 Å². The summed E-state index contributed by atoms with van der Waals surface area (Å²) in [5.74, 6) is 1.78. The van der Waals surface area contributed by atoms with Gasteiger partial charge < -0.3 is 10.2 Å². The highest BCUT2D eigenvalue weighted by Crippen LogP contribution is 2.23. The van der Waals surface area contributed by atoms with E-state index in [1.807, 2.05) is 18.2 Å². The molecule has 2 aromatic rings. The van der Waals surface area contributed by atoms with E-state index in [1.165, 1.54) is 12.8 Å². The lowest BCUT2D eigenvalue weighted by Crippen LogP contribution is -2.19. The van der Waals surface area contributed by atoms with E-state index in [0.717, 1.165) is 30.3 Å². The lowest BCUT2D eigenvalue weighted by molar-refractivity contribution is 0.925. The maximum absolute atomic E-state index is 6.17. The van der Waals surface area contributed by atoms with Crippen molar-refractivity contribution in [2.24, 2.45) is 0 Å². The quantitative estimate of drug-likeness (QED) is 0.923. The van der Waals surface area contributed by atoms with Crippen LogP contribution in [0, 0.1) is 0 Å². The topological polar surface area (TPSA) is 41.0 Å². The second-order valence-electron chi connectivity index (χ2n) is 5.04. The molecule has 3 rings (SSSR count). The maximum atomic E-state index is 6.17. The van der Waals surface area contributed by atoms with Gasteiger partial charge in [-0.05, 0) is 30.5 Å². The van der Waals surface area contributed by atoms with Crippen LogP contribution in [0.15, 0.2) is 30.6 Å². The number of benzene rings is 1. The summed E-state index contributed by atoms with van der Waals surface area (Å²) in [5, 5.41) is 4.58. The van der Waals surface area contributed by atoms with Crippen molar-refractivity contribution in [1.29, 1.82) is 0 Å². The largest absolute Gasteiger partial charge is 0.366 e. The number of hydrogen-bond donors (Lipinski definition) is 1. The summed E-state index contributed by atoms with van der Waals surface area (Å²) in [5.41, 5.74) is 0.988. The molecule has 21 heavy (non-hydrogen) atoms. The molecule has 6 heteroatoms. The zero-order valence-corrected chi connectivity index (χ0v) is 13.0. The van der Waals surface area contributed by atoms with Gasteiger partial charge in [0.2, 0.25) is 0 Å². The SMILES string of the molecule is Clc1ccc(CNc2cc(N3CCCC3)ncn2)c(Cl)c1. The third-order valence-electron chi connectivity index (χ3n) is 3.56. The van der Waals surface area contributed by atoms with Gasteiger partial charge in [-0.1, -0.05) is 29.3 Å². The molecule has 0 saturated carbocycles. The molecule has 4 nitrogen and oxygen atoms in total. The van der Waals surface area contributed by atoms with Crippen molar-refractivity contribution in [3.63, 3.8) is 0 Å². The van der Waals surface area contributed by atoms with Crippen molar-refractivity contribution in [2.45, 2.75) is 19.4 Å². The maximum Gasteiger partial charge on any atom is 0.134 e. The first-order chi connectivity index (χ1) is 10.2. The van der Waals surface area contributed by atoms with Gasteiger partial charge in [-0.15, -0.1) is 0 Å². The molecule has 0 radical (unpaired) electrons. The summed E-state index contributed by atoms with van der Waals surface area (Å²) < 4.78 is 0. The molecule has 1 N–H and O–H groups in total. The minimum absolute atomic E-state index is 0.604. The smallest absolute Gasteiger partial charge is 0.134 e. The van der Waals surface area contributed by atoms with Crippen LogP contribution in [0.3, 0.4) is 0 Å². The zero-order chi connectivity index (χ0) is 14.7. The third-order valence-corrected chi connectivity index (χ3v) is 4.14. The van der Waals surface area contributed by atoms with E-state index < -0.39 is 0 Å². The summed E-state index contributed by atoms with van der Waals surface area (Å²) >= 11 is 12.1. The second kappa shape index (κ2) is 6.50. The van der Waals surface area contributed by atoms with Gasteiger partial charge in [0.1, 0.15) is 18.0 Å². The van der Waals surface area contributed by atoms with Crippen molar-refractivity contribution in [2.75, 3.05) is 23.3 Å². The summed E-state index contributed by atoms with van der Waals surface area (Å²) in [6.45, 7) is 2.74. The average molecular weight is 323 g/mol. The Bertz CT molecular complexity index is 627. The Morgan fingerprint density at radius 1 is 1.10 bits per heavy atom. The van der Waals surface area contributed by atoms with Crippen molar-refractivity contribution >= 4 is 34.8 Å². The van der Waals surface area contributed by atoms with E-state index in [0.29, 0.717) is 16.6 Å². The van der Waals surface area contributed by atoms with E-state index in [4.69, 9.17) is 23.2 Å². The van der Waals surface area contributed by atoms with E-state index in [9.17, 15) is 0 Å². The Kier molecular flexibility index (Phi) is 4.46. The summed E-state index contributed by atoms with van der Waals surface area (Å²) in [4.78, 5) is 10.9. The van der Waals surface area contributed by atoms with E-state index in [-0.39, 0.29) is 0 Å². The van der Waals surface area contributed by atoms with Gasteiger partial charge in [0.05, 0.1) is 0 Å². The van der Waals surface area contributed by atoms with Crippen LogP contribution in [0.25, 0.3) is 0 Å². The number of aromatic nitrogens is 2. The van der Waals surface area contributed by atoms with Crippen LogP contribution < -0.4 is 10.2 Å². The number of hydrogen-bond acceptors (Lipinski definition) is 4. The molecule has 1 fully saturated rings. The average Bonchev–Trinajstić information content (AvgIpc) is 3.01.